The van der Waals surface area contributed by atoms with Crippen molar-refractivity contribution in [1.29, 1.82) is 0 Å². The predicted octanol–water partition coefficient (Wildman–Crippen LogP) is 4.69. The Balaban J connectivity index is 1.21. The molecule has 4 bridgehead atoms. The SMILES string of the molecule is COc1cc(C(=O)N2[C@H]3CC[C@@H]2[C@H](N)C3)cc2nc(-c3cc4ccc5nc4n3CCCCC[C@@H]3C[C@H]3C(=O)N[C@@H]5C)n(C)c12. The Morgan fingerprint density at radius 2 is 1.93 bits per heavy atom. The molecule has 4 aromatic rings. The summed E-state index contributed by atoms with van der Waals surface area (Å²) in [4.78, 5) is 38.9. The molecule has 2 saturated heterocycles. The standard InChI is InChI=1S/C34H41N7O3/c1-18-25-10-8-20-15-28(40(31(20)37-25)12-6-4-5-7-19-13-23(19)33(42)36-18)32-38-26-14-21(16-29(44-3)30(26)39(32)2)34(43)41-22-9-11-27(41)24(35)17-22/h8,10,14-16,18-19,22-24,27H,4-7,9,11-13,17,35H2,1-3H3,(H,36,42)/t18-,19-,22+,23-,24-,27-/m1/s1. The second kappa shape index (κ2) is 10.3. The number of amides is 2. The van der Waals surface area contributed by atoms with Crippen LogP contribution in [-0.2, 0) is 18.4 Å². The topological polar surface area (TPSA) is 120 Å². The van der Waals surface area contributed by atoms with Crippen LogP contribution in [0, 0.1) is 11.8 Å². The predicted molar refractivity (Wildman–Crippen MR) is 168 cm³/mol. The van der Waals surface area contributed by atoms with E-state index in [1.54, 1.807) is 7.11 Å². The second-order valence-electron chi connectivity index (χ2n) is 13.5. The summed E-state index contributed by atoms with van der Waals surface area (Å²) < 4.78 is 10.2. The van der Waals surface area contributed by atoms with Gasteiger partial charge in [-0.15, -0.1) is 0 Å². The number of carbonyl (C=O) groups excluding carboxylic acids is 2. The van der Waals surface area contributed by atoms with Gasteiger partial charge < -0.3 is 29.8 Å². The number of fused-ring (bicyclic) bond motifs is 5. The van der Waals surface area contributed by atoms with E-state index in [4.69, 9.17) is 20.4 Å². The molecular formula is C34H41N7O3. The summed E-state index contributed by atoms with van der Waals surface area (Å²) in [6, 6.07) is 10.2. The molecule has 3 aromatic heterocycles. The number of imidazole rings is 1. The number of nitrogens with two attached hydrogens (primary N) is 1. The molecular weight excluding hydrogens is 554 g/mol. The van der Waals surface area contributed by atoms with Crippen LogP contribution in [0.1, 0.15) is 80.4 Å². The van der Waals surface area contributed by atoms with Crippen molar-refractivity contribution in [3.05, 3.63) is 41.6 Å². The molecule has 1 aliphatic carbocycles. The number of aryl methyl sites for hydroxylation is 2. The molecule has 230 valence electrons. The minimum atomic E-state index is -0.167. The fourth-order valence-corrected chi connectivity index (χ4v) is 8.25. The van der Waals surface area contributed by atoms with Gasteiger partial charge >= 0.3 is 0 Å². The van der Waals surface area contributed by atoms with Gasteiger partial charge in [0.2, 0.25) is 5.91 Å². The number of rotatable bonds is 3. The lowest BCUT2D eigenvalue weighted by atomic mass is 9.97. The number of nitrogens with one attached hydrogen (secondary N) is 1. The summed E-state index contributed by atoms with van der Waals surface area (Å²) in [5.41, 5.74) is 11.3. The van der Waals surface area contributed by atoms with Gasteiger partial charge in [0.1, 0.15) is 16.9 Å². The average Bonchev–Trinajstić information content (AvgIpc) is 3.24. The minimum absolute atomic E-state index is 0.00980. The van der Waals surface area contributed by atoms with E-state index in [0.29, 0.717) is 17.2 Å². The molecule has 10 nitrogen and oxygen atoms in total. The van der Waals surface area contributed by atoms with E-state index in [9.17, 15) is 9.59 Å². The van der Waals surface area contributed by atoms with Crippen LogP contribution in [0.3, 0.4) is 0 Å². The van der Waals surface area contributed by atoms with Gasteiger partial charge in [0.15, 0.2) is 5.82 Å². The molecule has 8 rings (SSSR count). The van der Waals surface area contributed by atoms with E-state index in [0.717, 1.165) is 97.2 Å². The maximum atomic E-state index is 13.8. The molecule has 6 atom stereocenters. The molecule has 2 amide bonds. The fourth-order valence-electron chi connectivity index (χ4n) is 8.25. The lowest BCUT2D eigenvalue weighted by Gasteiger charge is -2.23. The van der Waals surface area contributed by atoms with Crippen LogP contribution in [0.4, 0.5) is 0 Å². The zero-order chi connectivity index (χ0) is 30.3. The largest absolute Gasteiger partial charge is 0.494 e. The van der Waals surface area contributed by atoms with Gasteiger partial charge in [0, 0.05) is 48.6 Å². The van der Waals surface area contributed by atoms with Crippen molar-refractivity contribution in [2.24, 2.45) is 24.6 Å². The molecule has 3 N–H and O–H groups in total. The minimum Gasteiger partial charge on any atom is -0.494 e. The number of hydrogen-bond donors (Lipinski definition) is 2. The third-order valence-corrected chi connectivity index (χ3v) is 10.7. The highest BCUT2D eigenvalue weighted by atomic mass is 16.5. The third kappa shape index (κ3) is 4.32. The van der Waals surface area contributed by atoms with Gasteiger partial charge in [-0.1, -0.05) is 12.8 Å². The summed E-state index contributed by atoms with van der Waals surface area (Å²) >= 11 is 0. The summed E-state index contributed by atoms with van der Waals surface area (Å²) in [5, 5.41) is 4.25. The average molecular weight is 596 g/mol. The summed E-state index contributed by atoms with van der Waals surface area (Å²) in [6.45, 7) is 2.84. The number of hydrogen-bond acceptors (Lipinski definition) is 6. The second-order valence-corrected chi connectivity index (χ2v) is 13.5. The highest BCUT2D eigenvalue weighted by Crippen LogP contribution is 2.43. The smallest absolute Gasteiger partial charge is 0.254 e. The number of aromatic nitrogens is 4. The highest BCUT2D eigenvalue weighted by Gasteiger charge is 2.47. The maximum Gasteiger partial charge on any atom is 0.254 e. The Kier molecular flexibility index (Phi) is 6.48. The summed E-state index contributed by atoms with van der Waals surface area (Å²) in [7, 11) is 3.65. The Hall–Kier alpha value is -3.92. The van der Waals surface area contributed by atoms with Crippen LogP contribution < -0.4 is 15.8 Å². The van der Waals surface area contributed by atoms with Gasteiger partial charge in [-0.05, 0) is 81.7 Å². The molecule has 3 fully saturated rings. The number of pyridine rings is 1. The number of carbonyl (C=O) groups is 2. The zero-order valence-corrected chi connectivity index (χ0v) is 25.8. The van der Waals surface area contributed by atoms with E-state index in [1.165, 1.54) is 0 Å². The quantitative estimate of drug-likeness (QED) is 0.355. The van der Waals surface area contributed by atoms with Gasteiger partial charge in [0.05, 0.1) is 30.1 Å². The van der Waals surface area contributed by atoms with Crippen molar-refractivity contribution in [1.82, 2.24) is 29.3 Å². The number of methoxy groups -OCH3 is 1. The lowest BCUT2D eigenvalue weighted by molar-refractivity contribution is -0.123. The van der Waals surface area contributed by atoms with Crippen molar-refractivity contribution in [3.63, 3.8) is 0 Å². The van der Waals surface area contributed by atoms with E-state index in [-0.39, 0.29) is 41.9 Å². The molecule has 0 unspecified atom stereocenters. The normalized spacial score (nSPS) is 28.4. The molecule has 1 aromatic carbocycles. The molecule has 1 saturated carbocycles. The van der Waals surface area contributed by atoms with Crippen molar-refractivity contribution in [2.75, 3.05) is 7.11 Å². The van der Waals surface area contributed by atoms with Crippen molar-refractivity contribution < 1.29 is 14.3 Å². The number of benzene rings is 1. The lowest BCUT2D eigenvalue weighted by Crippen LogP contribution is -2.40. The molecule has 10 heteroatoms. The van der Waals surface area contributed by atoms with Gasteiger partial charge in [-0.2, -0.15) is 0 Å². The Morgan fingerprint density at radius 1 is 1.07 bits per heavy atom. The third-order valence-electron chi connectivity index (χ3n) is 10.7. The monoisotopic (exact) mass is 595 g/mol. The highest BCUT2D eigenvalue weighted by molar-refractivity contribution is 6.00. The van der Waals surface area contributed by atoms with Crippen molar-refractivity contribution in [2.45, 2.75) is 89.0 Å². The molecule has 6 heterocycles. The Labute approximate surface area is 256 Å². The Bertz CT molecular complexity index is 1810. The van der Waals surface area contributed by atoms with Crippen molar-refractivity contribution in [3.8, 4) is 17.3 Å². The summed E-state index contributed by atoms with van der Waals surface area (Å²) in [5.74, 6) is 2.27. The molecule has 4 aliphatic rings. The molecule has 0 spiro atoms. The first-order chi connectivity index (χ1) is 21.3. The molecule has 3 aliphatic heterocycles. The van der Waals surface area contributed by atoms with Crippen LogP contribution in [-0.4, -0.2) is 61.1 Å². The summed E-state index contributed by atoms with van der Waals surface area (Å²) in [6.07, 6.45) is 8.22. The first-order valence-electron chi connectivity index (χ1n) is 16.3. The van der Waals surface area contributed by atoms with E-state index in [1.807, 2.05) is 37.1 Å². The van der Waals surface area contributed by atoms with Gasteiger partial charge in [-0.3, -0.25) is 9.59 Å². The van der Waals surface area contributed by atoms with E-state index >= 15 is 0 Å². The van der Waals surface area contributed by atoms with Crippen LogP contribution in [0.15, 0.2) is 30.3 Å². The molecule has 44 heavy (non-hydrogen) atoms. The zero-order valence-electron chi connectivity index (χ0n) is 25.8. The van der Waals surface area contributed by atoms with Crippen molar-refractivity contribution >= 4 is 33.9 Å². The Morgan fingerprint density at radius 3 is 2.70 bits per heavy atom. The van der Waals surface area contributed by atoms with Gasteiger partial charge in [-0.25, -0.2) is 9.97 Å². The molecule has 0 radical (unpaired) electrons. The first kappa shape index (κ1) is 27.6. The first-order valence-corrected chi connectivity index (χ1v) is 16.3. The van der Waals surface area contributed by atoms with Crippen LogP contribution in [0.5, 0.6) is 5.75 Å². The van der Waals surface area contributed by atoms with Crippen LogP contribution in [0.2, 0.25) is 0 Å². The van der Waals surface area contributed by atoms with E-state index < -0.39 is 0 Å². The maximum absolute atomic E-state index is 13.8. The van der Waals surface area contributed by atoms with E-state index in [2.05, 4.69) is 26.6 Å². The fraction of sp³-hybridized carbons (Fsp3) is 0.529. The number of nitrogens with zero attached hydrogens (tertiary/aromatic N) is 5. The van der Waals surface area contributed by atoms with Crippen LogP contribution in [0.25, 0.3) is 33.6 Å². The number of ether oxygens (including phenoxy) is 1. The van der Waals surface area contributed by atoms with Crippen LogP contribution >= 0.6 is 0 Å². The van der Waals surface area contributed by atoms with Gasteiger partial charge in [0.25, 0.3) is 5.91 Å².